The Bertz CT molecular complexity index is 371. The number of carbonyl (C=O) groups is 2. The van der Waals surface area contributed by atoms with Gasteiger partial charge in [-0.3, -0.25) is 9.59 Å². The molecule has 5 nitrogen and oxygen atoms in total. The van der Waals surface area contributed by atoms with Gasteiger partial charge in [-0.2, -0.15) is 0 Å². The van der Waals surface area contributed by atoms with Crippen LogP contribution in [0.15, 0.2) is 0 Å². The summed E-state index contributed by atoms with van der Waals surface area (Å²) in [7, 11) is 0. The third-order valence-corrected chi connectivity index (χ3v) is 5.03. The molecule has 0 aromatic carbocycles. The van der Waals surface area contributed by atoms with E-state index in [0.717, 1.165) is 32.2 Å². The summed E-state index contributed by atoms with van der Waals surface area (Å²) < 4.78 is 0. The van der Waals surface area contributed by atoms with Crippen LogP contribution in [0.3, 0.4) is 0 Å². The molecule has 3 aliphatic rings. The summed E-state index contributed by atoms with van der Waals surface area (Å²) in [5, 5.41) is 9.28. The van der Waals surface area contributed by atoms with E-state index in [4.69, 9.17) is 0 Å². The molecule has 0 aromatic heterocycles. The van der Waals surface area contributed by atoms with Crippen LogP contribution >= 0.6 is 0 Å². The van der Waals surface area contributed by atoms with E-state index in [0.29, 0.717) is 12.0 Å². The van der Waals surface area contributed by atoms with Crippen molar-refractivity contribution in [2.45, 2.75) is 69.5 Å². The molecule has 3 N–H and O–H groups in total. The van der Waals surface area contributed by atoms with Crippen molar-refractivity contribution in [2.24, 2.45) is 5.92 Å². The van der Waals surface area contributed by atoms with Crippen molar-refractivity contribution in [1.29, 1.82) is 0 Å². The standard InChI is InChI=1S/C15H25N3O2/c19-14-12(7-3-4-8-16-14)18-15(20)13-9-10-5-1-2-6-11(10)17-13/h10-13,17H,1-9H2,(H,16,19)(H,18,20). The number of fused-ring (bicyclic) bond motifs is 1. The fraction of sp³-hybridized carbons (Fsp3) is 0.867. The highest BCUT2D eigenvalue weighted by Crippen LogP contribution is 2.33. The molecule has 112 valence electrons. The van der Waals surface area contributed by atoms with Crippen LogP contribution in [-0.4, -0.2) is 36.5 Å². The van der Waals surface area contributed by atoms with Crippen LogP contribution in [-0.2, 0) is 9.59 Å². The van der Waals surface area contributed by atoms with Crippen molar-refractivity contribution in [2.75, 3.05) is 6.54 Å². The molecule has 2 aliphatic heterocycles. The molecular weight excluding hydrogens is 254 g/mol. The van der Waals surface area contributed by atoms with E-state index < -0.39 is 0 Å². The third kappa shape index (κ3) is 2.97. The number of rotatable bonds is 2. The van der Waals surface area contributed by atoms with E-state index in [1.54, 1.807) is 0 Å². The zero-order chi connectivity index (χ0) is 13.9. The topological polar surface area (TPSA) is 70.2 Å². The van der Waals surface area contributed by atoms with Gasteiger partial charge in [-0.1, -0.05) is 12.8 Å². The lowest BCUT2D eigenvalue weighted by atomic mass is 9.85. The largest absolute Gasteiger partial charge is 0.354 e. The van der Waals surface area contributed by atoms with Crippen molar-refractivity contribution < 1.29 is 9.59 Å². The molecule has 0 aromatic rings. The maximum atomic E-state index is 12.4. The Morgan fingerprint density at radius 1 is 1.10 bits per heavy atom. The van der Waals surface area contributed by atoms with Gasteiger partial charge in [0.15, 0.2) is 0 Å². The second-order valence-corrected chi connectivity index (χ2v) is 6.45. The van der Waals surface area contributed by atoms with Crippen LogP contribution in [0, 0.1) is 5.92 Å². The second kappa shape index (κ2) is 6.12. The van der Waals surface area contributed by atoms with E-state index in [1.807, 2.05) is 0 Å². The average molecular weight is 279 g/mol. The normalized spacial score (nSPS) is 37.7. The van der Waals surface area contributed by atoms with Gasteiger partial charge in [0, 0.05) is 12.6 Å². The monoisotopic (exact) mass is 279 g/mol. The molecule has 1 aliphatic carbocycles. The Hall–Kier alpha value is -1.10. The molecule has 2 heterocycles. The highest BCUT2D eigenvalue weighted by Gasteiger charge is 2.39. The average Bonchev–Trinajstić information content (AvgIpc) is 2.79. The first-order valence-corrected chi connectivity index (χ1v) is 8.08. The van der Waals surface area contributed by atoms with Gasteiger partial charge in [0.05, 0.1) is 6.04 Å². The molecule has 5 heteroatoms. The first kappa shape index (κ1) is 13.9. The van der Waals surface area contributed by atoms with Crippen molar-refractivity contribution in [3.8, 4) is 0 Å². The Morgan fingerprint density at radius 2 is 1.90 bits per heavy atom. The first-order chi connectivity index (χ1) is 9.74. The Morgan fingerprint density at radius 3 is 2.75 bits per heavy atom. The van der Waals surface area contributed by atoms with Crippen molar-refractivity contribution in [3.63, 3.8) is 0 Å². The Labute approximate surface area is 120 Å². The summed E-state index contributed by atoms with van der Waals surface area (Å²) in [5.41, 5.74) is 0. The summed E-state index contributed by atoms with van der Waals surface area (Å²) >= 11 is 0. The van der Waals surface area contributed by atoms with Gasteiger partial charge in [-0.25, -0.2) is 0 Å². The summed E-state index contributed by atoms with van der Waals surface area (Å²) in [6.07, 6.45) is 8.69. The number of hydrogen-bond acceptors (Lipinski definition) is 3. The lowest BCUT2D eigenvalue weighted by molar-refractivity contribution is -0.129. The molecule has 1 saturated carbocycles. The van der Waals surface area contributed by atoms with Crippen LogP contribution in [0.25, 0.3) is 0 Å². The van der Waals surface area contributed by atoms with Gasteiger partial charge in [0.2, 0.25) is 11.8 Å². The lowest BCUT2D eigenvalue weighted by Gasteiger charge is -2.24. The minimum atomic E-state index is -0.338. The Kier molecular flexibility index (Phi) is 4.24. The quantitative estimate of drug-likeness (QED) is 0.696. The van der Waals surface area contributed by atoms with Gasteiger partial charge in [0.1, 0.15) is 6.04 Å². The van der Waals surface area contributed by atoms with Crippen LogP contribution < -0.4 is 16.0 Å². The molecule has 3 fully saturated rings. The van der Waals surface area contributed by atoms with Gasteiger partial charge in [-0.15, -0.1) is 0 Å². The van der Waals surface area contributed by atoms with Crippen LogP contribution in [0.1, 0.15) is 51.4 Å². The zero-order valence-corrected chi connectivity index (χ0v) is 12.0. The van der Waals surface area contributed by atoms with Crippen LogP contribution in [0.4, 0.5) is 0 Å². The van der Waals surface area contributed by atoms with E-state index >= 15 is 0 Å². The number of hydrogen-bond donors (Lipinski definition) is 3. The number of nitrogens with one attached hydrogen (secondary N) is 3. The van der Waals surface area contributed by atoms with Crippen molar-refractivity contribution in [1.82, 2.24) is 16.0 Å². The molecule has 2 amide bonds. The van der Waals surface area contributed by atoms with Gasteiger partial charge >= 0.3 is 0 Å². The highest BCUT2D eigenvalue weighted by atomic mass is 16.2. The summed E-state index contributed by atoms with van der Waals surface area (Å²) in [5.74, 6) is 0.648. The predicted molar refractivity (Wildman–Crippen MR) is 76.1 cm³/mol. The van der Waals surface area contributed by atoms with E-state index in [-0.39, 0.29) is 23.9 Å². The Balaban J connectivity index is 1.55. The maximum absolute atomic E-state index is 12.4. The molecule has 4 unspecified atom stereocenters. The van der Waals surface area contributed by atoms with Crippen molar-refractivity contribution >= 4 is 11.8 Å². The van der Waals surface area contributed by atoms with Gasteiger partial charge < -0.3 is 16.0 Å². The fourth-order valence-corrected chi connectivity index (χ4v) is 3.87. The van der Waals surface area contributed by atoms with E-state index in [1.165, 1.54) is 25.7 Å². The number of amides is 2. The zero-order valence-electron chi connectivity index (χ0n) is 12.0. The summed E-state index contributed by atoms with van der Waals surface area (Å²) in [4.78, 5) is 24.2. The predicted octanol–water partition coefficient (Wildman–Crippen LogP) is 0.692. The van der Waals surface area contributed by atoms with Gasteiger partial charge in [0.25, 0.3) is 0 Å². The smallest absolute Gasteiger partial charge is 0.242 e. The molecule has 20 heavy (non-hydrogen) atoms. The minimum absolute atomic E-state index is 0.0152. The molecule has 0 bridgehead atoms. The lowest BCUT2D eigenvalue weighted by Crippen LogP contribution is -2.51. The van der Waals surface area contributed by atoms with E-state index in [9.17, 15) is 9.59 Å². The molecule has 3 rings (SSSR count). The van der Waals surface area contributed by atoms with Crippen LogP contribution in [0.5, 0.6) is 0 Å². The first-order valence-electron chi connectivity index (χ1n) is 8.08. The van der Waals surface area contributed by atoms with Crippen LogP contribution in [0.2, 0.25) is 0 Å². The highest BCUT2D eigenvalue weighted by molar-refractivity contribution is 5.90. The van der Waals surface area contributed by atoms with Crippen molar-refractivity contribution in [3.05, 3.63) is 0 Å². The summed E-state index contributed by atoms with van der Waals surface area (Å²) in [6.45, 7) is 0.733. The molecule has 2 saturated heterocycles. The molecule has 0 radical (unpaired) electrons. The van der Waals surface area contributed by atoms with Gasteiger partial charge in [-0.05, 0) is 44.4 Å². The minimum Gasteiger partial charge on any atom is -0.354 e. The second-order valence-electron chi connectivity index (χ2n) is 6.45. The molecule has 0 spiro atoms. The molecular formula is C15H25N3O2. The third-order valence-electron chi connectivity index (χ3n) is 5.03. The molecule has 4 atom stereocenters. The summed E-state index contributed by atoms with van der Waals surface area (Å²) in [6, 6.07) is 0.0797. The SMILES string of the molecule is O=C1NCCCCC1NC(=O)C1CC2CCCCC2N1. The number of carbonyl (C=O) groups excluding carboxylic acids is 2. The van der Waals surface area contributed by atoms with E-state index in [2.05, 4.69) is 16.0 Å². The maximum Gasteiger partial charge on any atom is 0.242 e. The fourth-order valence-electron chi connectivity index (χ4n) is 3.87.